The molecule has 0 aromatic rings. The highest BCUT2D eigenvalue weighted by Crippen LogP contribution is 2.71. The summed E-state index contributed by atoms with van der Waals surface area (Å²) in [6.07, 6.45) is 4.41. The van der Waals surface area contributed by atoms with Crippen LogP contribution >= 0.6 is 0 Å². The Hall–Kier alpha value is -0.190. The molecule has 4 aliphatic carbocycles. The molecule has 0 heterocycles. The summed E-state index contributed by atoms with van der Waals surface area (Å²) in [5.74, 6) is 0.954. The number of rotatable bonds is 0. The van der Waals surface area contributed by atoms with E-state index in [9.17, 15) is 14.6 Å². The molecule has 0 aromatic carbocycles. The first-order chi connectivity index (χ1) is 11.1. The van der Waals surface area contributed by atoms with Crippen LogP contribution in [0.5, 0.6) is 0 Å². The van der Waals surface area contributed by atoms with Crippen molar-refractivity contribution in [3.05, 3.63) is 0 Å². The van der Waals surface area contributed by atoms with Crippen LogP contribution in [0.4, 0.5) is 4.39 Å². The molecule has 138 valence electrons. The van der Waals surface area contributed by atoms with Crippen molar-refractivity contribution in [1.82, 2.24) is 0 Å². The van der Waals surface area contributed by atoms with E-state index in [1.54, 1.807) is 0 Å². The van der Waals surface area contributed by atoms with Gasteiger partial charge in [0.15, 0.2) is 0 Å². The summed E-state index contributed by atoms with van der Waals surface area (Å²) in [7, 11) is 0. The van der Waals surface area contributed by atoms with E-state index in [-0.39, 0.29) is 34.4 Å². The second kappa shape index (κ2) is 5.17. The van der Waals surface area contributed by atoms with Crippen molar-refractivity contribution < 1.29 is 14.6 Å². The number of hydrogen-bond donors (Lipinski definition) is 3. The van der Waals surface area contributed by atoms with Crippen LogP contribution < -0.4 is 5.73 Å². The Kier molecular flexibility index (Phi) is 3.71. The van der Waals surface area contributed by atoms with Crippen molar-refractivity contribution in [1.29, 1.82) is 0 Å². The minimum absolute atomic E-state index is 0.138. The fraction of sp³-hybridized carbons (Fsp3) is 1.00. The van der Waals surface area contributed by atoms with Crippen molar-refractivity contribution in [2.24, 2.45) is 39.7 Å². The van der Waals surface area contributed by atoms with E-state index >= 15 is 0 Å². The quantitative estimate of drug-likeness (QED) is 0.635. The van der Waals surface area contributed by atoms with Crippen LogP contribution in [0.2, 0.25) is 0 Å². The van der Waals surface area contributed by atoms with Crippen LogP contribution in [0.25, 0.3) is 0 Å². The van der Waals surface area contributed by atoms with Crippen LogP contribution in [0.3, 0.4) is 0 Å². The monoisotopic (exact) mass is 339 g/mol. The first-order valence-electron chi connectivity index (χ1n) is 9.89. The fourth-order valence-corrected chi connectivity index (χ4v) is 7.71. The molecule has 4 aliphatic rings. The Morgan fingerprint density at radius 3 is 2.42 bits per heavy atom. The molecule has 0 spiro atoms. The molecule has 4 N–H and O–H groups in total. The third-order valence-corrected chi connectivity index (χ3v) is 9.49. The van der Waals surface area contributed by atoms with Crippen LogP contribution in [-0.2, 0) is 0 Å². The number of aliphatic hydroxyl groups is 2. The number of fused-ring (bicyclic) bond motifs is 5. The Labute approximate surface area is 145 Å². The van der Waals surface area contributed by atoms with Gasteiger partial charge in [-0.25, -0.2) is 4.39 Å². The Bertz CT molecular complexity index is 530. The molecule has 24 heavy (non-hydrogen) atoms. The molecule has 0 unspecified atom stereocenters. The third-order valence-electron chi connectivity index (χ3n) is 9.49. The maximum absolute atomic E-state index is 14.6. The molecule has 0 aliphatic heterocycles. The number of nitrogens with two attached hydrogens (primary N) is 1. The summed E-state index contributed by atoms with van der Waals surface area (Å²) in [6.45, 7) is 6.74. The van der Waals surface area contributed by atoms with Crippen molar-refractivity contribution in [2.75, 3.05) is 0 Å². The molecular formula is C20H34FNO2. The zero-order chi connectivity index (χ0) is 17.5. The molecule has 3 nitrogen and oxygen atoms in total. The van der Waals surface area contributed by atoms with Crippen LogP contribution in [0, 0.1) is 34.0 Å². The highest BCUT2D eigenvalue weighted by Gasteiger charge is 2.69. The van der Waals surface area contributed by atoms with Crippen molar-refractivity contribution in [3.8, 4) is 0 Å². The lowest BCUT2D eigenvalue weighted by Crippen LogP contribution is -2.63. The zero-order valence-electron chi connectivity index (χ0n) is 15.3. The summed E-state index contributed by atoms with van der Waals surface area (Å²) in [4.78, 5) is 0. The molecule has 4 heteroatoms. The first-order valence-corrected chi connectivity index (χ1v) is 9.89. The van der Waals surface area contributed by atoms with Gasteiger partial charge in [-0.15, -0.1) is 0 Å². The standard InChI is InChI=1S/C20H34FNO2/c1-18-6-4-12(23)8-11(18)9-15(24)16-13(18)5-7-19(2)17(22)14(21)10-20(16,19)3/h11-17,23-24H,4-10,22H2,1-3H3/t11-,12+,13+,14-,15+,16+,17+,18+,19-,20+/m1/s1. The van der Waals surface area contributed by atoms with Gasteiger partial charge >= 0.3 is 0 Å². The van der Waals surface area contributed by atoms with Gasteiger partial charge in [0, 0.05) is 6.04 Å². The average Bonchev–Trinajstić information content (AvgIpc) is 2.69. The van der Waals surface area contributed by atoms with Crippen LogP contribution in [-0.4, -0.2) is 34.6 Å². The van der Waals surface area contributed by atoms with Crippen molar-refractivity contribution in [3.63, 3.8) is 0 Å². The van der Waals surface area contributed by atoms with Gasteiger partial charge in [-0.2, -0.15) is 0 Å². The van der Waals surface area contributed by atoms with Gasteiger partial charge in [0.25, 0.3) is 0 Å². The molecule has 0 amide bonds. The summed E-state index contributed by atoms with van der Waals surface area (Å²) in [5.41, 5.74) is 6.05. The van der Waals surface area contributed by atoms with E-state index in [1.807, 2.05) is 0 Å². The van der Waals surface area contributed by atoms with Gasteiger partial charge in [-0.1, -0.05) is 20.8 Å². The summed E-state index contributed by atoms with van der Waals surface area (Å²) in [5, 5.41) is 21.2. The number of hydrogen-bond acceptors (Lipinski definition) is 3. The van der Waals surface area contributed by atoms with E-state index in [1.165, 1.54) is 0 Å². The predicted octanol–water partition coefficient (Wildman–Crippen LogP) is 3.03. The van der Waals surface area contributed by atoms with E-state index in [2.05, 4.69) is 20.8 Å². The summed E-state index contributed by atoms with van der Waals surface area (Å²) < 4.78 is 14.6. The van der Waals surface area contributed by atoms with E-state index in [0.717, 1.165) is 38.5 Å². The number of aliphatic hydroxyl groups excluding tert-OH is 2. The lowest BCUT2D eigenvalue weighted by atomic mass is 9.40. The van der Waals surface area contributed by atoms with Crippen molar-refractivity contribution in [2.45, 2.75) is 90.1 Å². The number of alkyl halides is 1. The molecule has 4 rings (SSSR count). The van der Waals surface area contributed by atoms with Gasteiger partial charge in [0.2, 0.25) is 0 Å². The van der Waals surface area contributed by atoms with Crippen molar-refractivity contribution >= 4 is 0 Å². The normalized spacial score (nSPS) is 63.4. The lowest BCUT2D eigenvalue weighted by molar-refractivity contribution is -0.200. The van der Waals surface area contributed by atoms with Gasteiger partial charge in [0.05, 0.1) is 12.2 Å². The fourth-order valence-electron chi connectivity index (χ4n) is 7.71. The van der Waals surface area contributed by atoms with Crippen LogP contribution in [0.15, 0.2) is 0 Å². The number of halogens is 1. The third kappa shape index (κ3) is 1.94. The zero-order valence-corrected chi connectivity index (χ0v) is 15.3. The second-order valence-electron chi connectivity index (χ2n) is 10.2. The highest BCUT2D eigenvalue weighted by molar-refractivity contribution is 5.19. The minimum Gasteiger partial charge on any atom is -0.393 e. The molecule has 10 atom stereocenters. The maximum Gasteiger partial charge on any atom is 0.116 e. The molecule has 0 aromatic heterocycles. The van der Waals surface area contributed by atoms with Gasteiger partial charge in [0.1, 0.15) is 6.17 Å². The maximum atomic E-state index is 14.6. The smallest absolute Gasteiger partial charge is 0.116 e. The van der Waals surface area contributed by atoms with E-state index in [0.29, 0.717) is 18.3 Å². The molecule has 0 saturated heterocycles. The molecular weight excluding hydrogens is 305 g/mol. The largest absolute Gasteiger partial charge is 0.393 e. The summed E-state index contributed by atoms with van der Waals surface area (Å²) in [6, 6.07) is -0.408. The van der Waals surface area contributed by atoms with Gasteiger partial charge < -0.3 is 15.9 Å². The average molecular weight is 339 g/mol. The summed E-state index contributed by atoms with van der Waals surface area (Å²) >= 11 is 0. The second-order valence-corrected chi connectivity index (χ2v) is 10.2. The molecule has 4 saturated carbocycles. The highest BCUT2D eigenvalue weighted by atomic mass is 19.1. The first kappa shape index (κ1) is 17.2. The SMILES string of the molecule is C[C@]12CC[C@H](O)C[C@@H]1C[C@H](O)[C@@H]1[C@@H]2CC[C@]2(C)[C@@H](N)[C@H](F)C[C@@]12C. The molecule has 0 bridgehead atoms. The predicted molar refractivity (Wildman–Crippen MR) is 92.0 cm³/mol. The Morgan fingerprint density at radius 1 is 1.00 bits per heavy atom. The Balaban J connectivity index is 1.74. The topological polar surface area (TPSA) is 66.5 Å². The van der Waals surface area contributed by atoms with Gasteiger partial charge in [-0.05, 0) is 78.9 Å². The van der Waals surface area contributed by atoms with Crippen LogP contribution in [0.1, 0.15) is 65.7 Å². The molecule has 4 fully saturated rings. The molecule has 0 radical (unpaired) electrons. The van der Waals surface area contributed by atoms with E-state index in [4.69, 9.17) is 5.73 Å². The van der Waals surface area contributed by atoms with E-state index < -0.39 is 12.2 Å². The Morgan fingerprint density at radius 2 is 1.71 bits per heavy atom. The van der Waals surface area contributed by atoms with Gasteiger partial charge in [-0.3, -0.25) is 0 Å². The minimum atomic E-state index is -0.954. The lowest BCUT2D eigenvalue weighted by Gasteiger charge is -2.65.